The molecule has 5 nitrogen and oxygen atoms in total. The number of amides is 1. The van der Waals surface area contributed by atoms with Gasteiger partial charge in [-0.25, -0.2) is 13.6 Å². The fraction of sp³-hybridized carbons (Fsp3) is 0.312. The molecule has 2 heterocycles. The molecule has 1 aliphatic heterocycles. The van der Waals surface area contributed by atoms with E-state index in [0.717, 1.165) is 17.8 Å². The molecule has 1 aromatic heterocycles. The molecule has 1 saturated heterocycles. The largest absolute Gasteiger partial charge is 0.447 e. The van der Waals surface area contributed by atoms with E-state index >= 15 is 0 Å². The minimum Gasteiger partial charge on any atom is -0.447 e. The van der Waals surface area contributed by atoms with Crippen LogP contribution in [0, 0.1) is 11.6 Å². The molecule has 3 rings (SSSR count). The molecule has 1 aliphatic rings. The van der Waals surface area contributed by atoms with Crippen LogP contribution in [0.5, 0.6) is 0 Å². The van der Waals surface area contributed by atoms with Gasteiger partial charge in [0.05, 0.1) is 12.2 Å². The van der Waals surface area contributed by atoms with Gasteiger partial charge in [-0.2, -0.15) is 0 Å². The quantitative estimate of drug-likeness (QED) is 0.869. The van der Waals surface area contributed by atoms with Gasteiger partial charge in [-0.3, -0.25) is 4.90 Å². The number of carbonyl (C=O) groups excluding carboxylic acids is 1. The molecule has 0 atom stereocenters. The zero-order valence-corrected chi connectivity index (χ0v) is 12.9. The third-order valence-corrected chi connectivity index (χ3v) is 3.63. The third kappa shape index (κ3) is 2.92. The first-order chi connectivity index (χ1) is 11.0. The summed E-state index contributed by atoms with van der Waals surface area (Å²) in [4.78, 5) is 14.7. The van der Waals surface area contributed by atoms with E-state index < -0.39 is 17.7 Å². The maximum absolute atomic E-state index is 14.5. The summed E-state index contributed by atoms with van der Waals surface area (Å²) in [6.45, 7) is 1.05. The van der Waals surface area contributed by atoms with Gasteiger partial charge in [-0.1, -0.05) is 0 Å². The molecule has 7 heteroatoms. The van der Waals surface area contributed by atoms with Gasteiger partial charge < -0.3 is 14.2 Å². The van der Waals surface area contributed by atoms with Crippen molar-refractivity contribution in [2.75, 3.05) is 32.1 Å². The van der Waals surface area contributed by atoms with E-state index in [1.165, 1.54) is 9.47 Å². The van der Waals surface area contributed by atoms with E-state index in [4.69, 9.17) is 4.74 Å². The number of benzene rings is 1. The summed E-state index contributed by atoms with van der Waals surface area (Å²) in [5.41, 5.74) is 0.775. The number of hydrogen-bond acceptors (Lipinski definition) is 3. The van der Waals surface area contributed by atoms with E-state index in [2.05, 4.69) is 0 Å². The minimum atomic E-state index is -0.726. The second-order valence-electron chi connectivity index (χ2n) is 5.63. The Morgan fingerprint density at radius 1 is 1.26 bits per heavy atom. The maximum Gasteiger partial charge on any atom is 0.414 e. The molecule has 122 valence electrons. The molecule has 0 N–H and O–H groups in total. The predicted octanol–water partition coefficient (Wildman–Crippen LogP) is 2.77. The number of nitrogens with zero attached hydrogens (tertiary/aromatic N) is 3. The van der Waals surface area contributed by atoms with Gasteiger partial charge in [0.25, 0.3) is 0 Å². The highest BCUT2D eigenvalue weighted by molar-refractivity contribution is 5.89. The monoisotopic (exact) mass is 321 g/mol. The average Bonchev–Trinajstić information content (AvgIpc) is 3.07. The number of cyclic esters (lactones) is 1. The Bertz CT molecular complexity index is 720. The third-order valence-electron chi connectivity index (χ3n) is 3.63. The Hall–Kier alpha value is -2.41. The Labute approximate surface area is 132 Å². The Kier molecular flexibility index (Phi) is 4.04. The molecule has 23 heavy (non-hydrogen) atoms. The van der Waals surface area contributed by atoms with E-state index in [9.17, 15) is 13.6 Å². The van der Waals surface area contributed by atoms with Gasteiger partial charge in [0.2, 0.25) is 0 Å². The number of hydrogen-bond donors (Lipinski definition) is 0. The summed E-state index contributed by atoms with van der Waals surface area (Å²) in [7, 11) is 3.76. The lowest BCUT2D eigenvalue weighted by Gasteiger charge is -2.17. The minimum absolute atomic E-state index is 0.150. The van der Waals surface area contributed by atoms with Crippen molar-refractivity contribution in [3.05, 3.63) is 47.8 Å². The molecule has 2 aromatic rings. The molecular weight excluding hydrogens is 304 g/mol. The number of ether oxygens (including phenoxy) is 1. The first-order valence-corrected chi connectivity index (χ1v) is 7.22. The van der Waals surface area contributed by atoms with Crippen LogP contribution < -0.4 is 4.90 Å². The molecule has 0 unspecified atom stereocenters. The highest BCUT2D eigenvalue weighted by atomic mass is 19.1. The van der Waals surface area contributed by atoms with Crippen LogP contribution in [0.25, 0.3) is 5.69 Å². The first kappa shape index (κ1) is 15.5. The second kappa shape index (κ2) is 6.00. The highest BCUT2D eigenvalue weighted by Gasteiger charge is 2.26. The summed E-state index contributed by atoms with van der Waals surface area (Å²) in [5.74, 6) is -1.45. The van der Waals surface area contributed by atoms with Gasteiger partial charge >= 0.3 is 6.09 Å². The molecule has 0 radical (unpaired) electrons. The van der Waals surface area contributed by atoms with Crippen LogP contribution in [0.15, 0.2) is 30.5 Å². The van der Waals surface area contributed by atoms with Crippen molar-refractivity contribution in [2.45, 2.75) is 6.54 Å². The molecule has 0 saturated carbocycles. The maximum atomic E-state index is 14.5. The molecule has 0 spiro atoms. The van der Waals surface area contributed by atoms with Crippen molar-refractivity contribution in [3.8, 4) is 5.69 Å². The van der Waals surface area contributed by atoms with Gasteiger partial charge in [0.15, 0.2) is 11.6 Å². The van der Waals surface area contributed by atoms with Crippen LogP contribution in [-0.4, -0.2) is 42.8 Å². The van der Waals surface area contributed by atoms with Crippen molar-refractivity contribution < 1.29 is 18.3 Å². The van der Waals surface area contributed by atoms with Gasteiger partial charge in [-0.15, -0.1) is 0 Å². The molecule has 1 fully saturated rings. The second-order valence-corrected chi connectivity index (χ2v) is 5.63. The lowest BCUT2D eigenvalue weighted by molar-refractivity contribution is 0.181. The van der Waals surface area contributed by atoms with Crippen molar-refractivity contribution in [2.24, 2.45) is 0 Å². The lowest BCUT2D eigenvalue weighted by Crippen LogP contribution is -2.24. The zero-order chi connectivity index (χ0) is 16.6. The fourth-order valence-electron chi connectivity index (χ4n) is 2.65. The van der Waals surface area contributed by atoms with Gasteiger partial charge in [0, 0.05) is 30.6 Å². The number of anilines is 1. The number of aromatic nitrogens is 1. The zero-order valence-electron chi connectivity index (χ0n) is 12.9. The van der Waals surface area contributed by atoms with Crippen molar-refractivity contribution in [1.29, 1.82) is 0 Å². The van der Waals surface area contributed by atoms with Crippen LogP contribution in [0.1, 0.15) is 5.69 Å². The SMILES string of the molecule is CN(C)Cc1cccn1-c1c(F)cc(N2CCOC2=O)cc1F. The van der Waals surface area contributed by atoms with Crippen molar-refractivity contribution in [3.63, 3.8) is 0 Å². The molecule has 0 aliphatic carbocycles. The van der Waals surface area contributed by atoms with E-state index in [1.54, 1.807) is 12.3 Å². The summed E-state index contributed by atoms with van der Waals surface area (Å²) in [5, 5.41) is 0. The molecule has 1 amide bonds. The van der Waals surface area contributed by atoms with E-state index in [1.807, 2.05) is 25.1 Å². The Morgan fingerprint density at radius 3 is 2.52 bits per heavy atom. The lowest BCUT2D eigenvalue weighted by atomic mass is 10.2. The highest BCUT2D eigenvalue weighted by Crippen LogP contribution is 2.28. The van der Waals surface area contributed by atoms with Gasteiger partial charge in [-0.05, 0) is 26.2 Å². The van der Waals surface area contributed by atoms with Crippen LogP contribution in [0.2, 0.25) is 0 Å². The van der Waals surface area contributed by atoms with Crippen molar-refractivity contribution in [1.82, 2.24) is 9.47 Å². The number of carbonyl (C=O) groups is 1. The van der Waals surface area contributed by atoms with E-state index in [-0.39, 0.29) is 24.5 Å². The van der Waals surface area contributed by atoms with Crippen LogP contribution in [-0.2, 0) is 11.3 Å². The normalized spacial score (nSPS) is 14.7. The van der Waals surface area contributed by atoms with Crippen LogP contribution >= 0.6 is 0 Å². The summed E-state index contributed by atoms with van der Waals surface area (Å²) < 4.78 is 35.3. The van der Waals surface area contributed by atoms with Gasteiger partial charge in [0.1, 0.15) is 12.3 Å². The smallest absolute Gasteiger partial charge is 0.414 e. The van der Waals surface area contributed by atoms with E-state index in [0.29, 0.717) is 6.54 Å². The van der Waals surface area contributed by atoms with Crippen LogP contribution in [0.3, 0.4) is 0 Å². The Balaban J connectivity index is 2.01. The predicted molar refractivity (Wildman–Crippen MR) is 81.8 cm³/mol. The van der Waals surface area contributed by atoms with Crippen LogP contribution in [0.4, 0.5) is 19.3 Å². The molecule has 1 aromatic carbocycles. The number of rotatable bonds is 4. The topological polar surface area (TPSA) is 37.7 Å². The summed E-state index contributed by atoms with van der Waals surface area (Å²) >= 11 is 0. The summed E-state index contributed by atoms with van der Waals surface area (Å²) in [6.07, 6.45) is 1.02. The fourth-order valence-corrected chi connectivity index (χ4v) is 2.65. The number of halogens is 2. The standard InChI is InChI=1S/C16H17F2N3O2/c1-19(2)10-11-4-3-5-20(11)15-13(17)8-12(9-14(15)18)21-6-7-23-16(21)22/h3-5,8-9H,6-7,10H2,1-2H3. The Morgan fingerprint density at radius 2 is 1.96 bits per heavy atom. The first-order valence-electron chi connectivity index (χ1n) is 7.22. The van der Waals surface area contributed by atoms with Crippen molar-refractivity contribution >= 4 is 11.8 Å². The summed E-state index contributed by atoms with van der Waals surface area (Å²) in [6, 6.07) is 5.86. The average molecular weight is 321 g/mol. The molecule has 0 bridgehead atoms. The molecular formula is C16H17F2N3O2.